The Kier molecular flexibility index (Phi) is 11.4. The van der Waals surface area contributed by atoms with Crippen LogP contribution in [0.4, 0.5) is 5.69 Å². The van der Waals surface area contributed by atoms with Gasteiger partial charge < -0.3 is 36.3 Å². The van der Waals surface area contributed by atoms with Gasteiger partial charge in [-0.25, -0.2) is 29.4 Å². The fraction of sp³-hybridized carbons (Fsp3) is 0.286. The van der Waals surface area contributed by atoms with E-state index in [1.807, 2.05) is 104 Å². The number of allylic oxidation sites excluding steroid dienone is 2. The monoisotopic (exact) mass is 921 g/mol. The number of nitrogens with one attached hydrogen (secondary N) is 4. The molecular formula is C49H52BN17O2. The van der Waals surface area contributed by atoms with Gasteiger partial charge in [-0.3, -0.25) is 14.8 Å². The van der Waals surface area contributed by atoms with E-state index in [0.29, 0.717) is 41.9 Å². The van der Waals surface area contributed by atoms with Crippen LogP contribution in [0, 0.1) is 19.8 Å². The molecule has 348 valence electrons. The Morgan fingerprint density at radius 1 is 0.899 bits per heavy atom. The number of hydrogen-bond donors (Lipinski definition) is 6. The number of nitrogens with two attached hydrogens (primary N) is 1. The second-order valence-corrected chi connectivity index (χ2v) is 18.2. The molecule has 4 unspecified atom stereocenters. The van der Waals surface area contributed by atoms with Gasteiger partial charge in [-0.05, 0) is 105 Å². The molecule has 9 heterocycles. The molecule has 1 amide bonds. The summed E-state index contributed by atoms with van der Waals surface area (Å²) in [5, 5.41) is 33.7. The number of H-pyrrole nitrogens is 2. The number of amides is 1. The predicted octanol–water partition coefficient (Wildman–Crippen LogP) is 4.51. The summed E-state index contributed by atoms with van der Waals surface area (Å²) in [6.45, 7) is 7.00. The maximum absolute atomic E-state index is 12.1. The average molecular weight is 922 g/mol. The molecule has 3 aliphatic heterocycles. The first-order valence-corrected chi connectivity index (χ1v) is 23.3. The molecule has 0 spiro atoms. The minimum atomic E-state index is -1.21. The zero-order valence-electron chi connectivity index (χ0n) is 38.7. The number of rotatable bonds is 12. The molecule has 20 heteroatoms. The van der Waals surface area contributed by atoms with Gasteiger partial charge >= 0.3 is 7.05 Å². The fourth-order valence-electron chi connectivity index (χ4n) is 9.68. The molecule has 4 aliphatic rings. The van der Waals surface area contributed by atoms with Gasteiger partial charge in [0, 0.05) is 59.6 Å². The number of anilines is 1. The number of imidazole rings is 2. The van der Waals surface area contributed by atoms with Gasteiger partial charge in [0.1, 0.15) is 24.2 Å². The third-order valence-electron chi connectivity index (χ3n) is 13.3. The number of carbonyl (C=O) groups excluding carboxylic acids is 1. The zero-order valence-corrected chi connectivity index (χ0v) is 38.7. The Balaban J connectivity index is 0.781. The predicted molar refractivity (Wildman–Crippen MR) is 265 cm³/mol. The highest BCUT2D eigenvalue weighted by molar-refractivity contribution is 6.67. The van der Waals surface area contributed by atoms with Crippen molar-refractivity contribution in [1.82, 2.24) is 64.6 Å². The first-order valence-electron chi connectivity index (χ1n) is 23.3. The number of benzene rings is 1. The molecule has 19 nitrogen and oxygen atoms in total. The van der Waals surface area contributed by atoms with Gasteiger partial charge in [0.2, 0.25) is 5.91 Å². The van der Waals surface area contributed by atoms with E-state index in [1.165, 1.54) is 0 Å². The lowest BCUT2D eigenvalue weighted by molar-refractivity contribution is -0.125. The molecule has 1 aromatic carbocycles. The Labute approximate surface area is 398 Å². The van der Waals surface area contributed by atoms with Crippen LogP contribution in [0.25, 0.3) is 45.3 Å². The number of pyridine rings is 3. The molecule has 1 fully saturated rings. The van der Waals surface area contributed by atoms with Crippen LogP contribution >= 0.6 is 0 Å². The normalized spacial score (nSPS) is 19.7. The van der Waals surface area contributed by atoms with Crippen LogP contribution in [0.15, 0.2) is 101 Å². The Morgan fingerprint density at radius 2 is 1.65 bits per heavy atom. The van der Waals surface area contributed by atoms with Crippen LogP contribution in [0.3, 0.4) is 0 Å². The van der Waals surface area contributed by atoms with Crippen molar-refractivity contribution in [2.24, 2.45) is 21.9 Å². The number of aryl methyl sites for hydroxylation is 2. The summed E-state index contributed by atoms with van der Waals surface area (Å²) in [5.41, 5.74) is 16.9. The smallest absolute Gasteiger partial charge is 0.427 e. The summed E-state index contributed by atoms with van der Waals surface area (Å²) < 4.78 is 1.87. The van der Waals surface area contributed by atoms with Crippen molar-refractivity contribution in [2.45, 2.75) is 71.2 Å². The number of carbonyl (C=O) groups is 1. The molecule has 0 bridgehead atoms. The highest BCUT2D eigenvalue weighted by Crippen LogP contribution is 2.37. The minimum absolute atomic E-state index is 0.0644. The van der Waals surface area contributed by atoms with E-state index in [-0.39, 0.29) is 18.6 Å². The number of hydrogen-bond acceptors (Lipinski definition) is 15. The minimum Gasteiger partial charge on any atom is -0.427 e. The molecule has 0 radical (unpaired) electrons. The molecular weight excluding hydrogens is 869 g/mol. The van der Waals surface area contributed by atoms with Gasteiger partial charge in [-0.15, -0.1) is 0 Å². The van der Waals surface area contributed by atoms with Crippen molar-refractivity contribution in [3.63, 3.8) is 0 Å². The maximum Gasteiger partial charge on any atom is 0.474 e. The van der Waals surface area contributed by atoms with Crippen LogP contribution in [0.2, 0.25) is 0 Å². The number of aromatic nitrogens is 9. The lowest BCUT2D eigenvalue weighted by atomic mass is 9.69. The maximum atomic E-state index is 12.1. The average Bonchev–Trinajstić information content (AvgIpc) is 4.18. The van der Waals surface area contributed by atoms with Crippen molar-refractivity contribution < 1.29 is 9.82 Å². The van der Waals surface area contributed by atoms with Crippen molar-refractivity contribution in [2.75, 3.05) is 18.9 Å². The van der Waals surface area contributed by atoms with Crippen LogP contribution in [0.1, 0.15) is 72.2 Å². The van der Waals surface area contributed by atoms with Gasteiger partial charge in [0.05, 0.1) is 60.0 Å². The Bertz CT molecular complexity index is 3220. The number of nitrogens with zero attached hydrogens (tertiary/aromatic N) is 12. The molecule has 1 saturated carbocycles. The lowest BCUT2D eigenvalue weighted by Crippen LogP contribution is -2.53. The fourth-order valence-corrected chi connectivity index (χ4v) is 9.68. The molecule has 1 aliphatic carbocycles. The number of fused-ring (bicyclic) bond motifs is 3. The largest absolute Gasteiger partial charge is 0.474 e. The molecule has 0 saturated heterocycles. The van der Waals surface area contributed by atoms with Gasteiger partial charge in [-0.1, -0.05) is 31.2 Å². The Morgan fingerprint density at radius 3 is 2.41 bits per heavy atom. The van der Waals surface area contributed by atoms with Gasteiger partial charge in [0.15, 0.2) is 11.5 Å². The second-order valence-electron chi connectivity index (χ2n) is 18.2. The van der Waals surface area contributed by atoms with E-state index in [1.54, 1.807) is 12.3 Å². The number of aromatic amines is 2. The third-order valence-corrected chi connectivity index (χ3v) is 13.3. The topological polar surface area (TPSA) is 235 Å². The van der Waals surface area contributed by atoms with Crippen LogP contribution in [-0.2, 0) is 17.9 Å². The van der Waals surface area contributed by atoms with Crippen LogP contribution in [0.5, 0.6) is 0 Å². The molecule has 7 N–H and O–H groups in total. The summed E-state index contributed by atoms with van der Waals surface area (Å²) in [5.74, 6) is 2.54. The van der Waals surface area contributed by atoms with Crippen molar-refractivity contribution >= 4 is 47.9 Å². The number of hydrazone groups is 2. The van der Waals surface area contributed by atoms with Crippen molar-refractivity contribution in [3.8, 4) is 34.0 Å². The first kappa shape index (κ1) is 43.7. The molecule has 4 atom stereocenters. The van der Waals surface area contributed by atoms with E-state index in [4.69, 9.17) is 35.8 Å². The highest BCUT2D eigenvalue weighted by Gasteiger charge is 2.34. The SMILES string of the molecule is Cc1cccc(-c2[nH]c(CNC3CCC(c4nc5ccc(-c6nc(CNc7ccc8c(c7)C=NN(C(=O)CN)B8O)[nH]c6-c6cccc(C)n6)cn5n4)CC3C)nc2C2=CN3N=CN(C)C3C=C2)n1. The third kappa shape index (κ3) is 8.57. The Hall–Kier alpha value is -7.81. The quantitative estimate of drug-likeness (QED) is 0.0928. The number of likely N-dealkylation sites (N-methyl/N-ethyl adjacent to an activating group) is 1. The molecule has 6 aromatic heterocycles. The lowest BCUT2D eigenvalue weighted by Gasteiger charge is -2.33. The zero-order chi connectivity index (χ0) is 47.3. The standard InChI is InChI=1S/C49H52BN17O2/c1-28-19-31(11-16-37(28)53-24-41-59-46(48(61-41)39-10-6-8-30(3)57-39)33-13-18-43-64(4)27-55-66(43)26-33)49-62-42-17-12-32(25-65(42)63-49)45-47(38-9-5-7-29(2)56-38)60-40(58-45)23-52-35-14-15-36-34(20-35)22-54-67(50(36)69)44(68)21-51/h5-10,12-15,17-18,20,22,25-28,31,37,43,52-53,69H,11,16,19,21,23-24,51H2,1-4H3,(H,58,60)(H,59,61). The van der Waals surface area contributed by atoms with E-state index < -0.39 is 13.0 Å². The van der Waals surface area contributed by atoms with Crippen molar-refractivity contribution in [3.05, 3.63) is 131 Å². The van der Waals surface area contributed by atoms with Gasteiger partial charge in [-0.2, -0.15) is 15.3 Å². The summed E-state index contributed by atoms with van der Waals surface area (Å²) in [6.07, 6.45) is 14.7. The van der Waals surface area contributed by atoms with E-state index in [9.17, 15) is 9.82 Å². The summed E-state index contributed by atoms with van der Waals surface area (Å²) in [6, 6.07) is 21.8. The van der Waals surface area contributed by atoms with E-state index >= 15 is 0 Å². The molecule has 11 rings (SSSR count). The second kappa shape index (κ2) is 18.0. The summed E-state index contributed by atoms with van der Waals surface area (Å²) >= 11 is 0. The first-order chi connectivity index (χ1) is 33.5. The van der Waals surface area contributed by atoms with Crippen LogP contribution < -0.4 is 21.8 Å². The van der Waals surface area contributed by atoms with Gasteiger partial charge in [0.25, 0.3) is 0 Å². The summed E-state index contributed by atoms with van der Waals surface area (Å²) in [7, 11) is 0.809. The van der Waals surface area contributed by atoms with E-state index in [0.717, 1.165) is 104 Å². The molecule has 7 aromatic rings. The summed E-state index contributed by atoms with van der Waals surface area (Å²) in [4.78, 5) is 47.3. The molecule has 69 heavy (non-hydrogen) atoms. The van der Waals surface area contributed by atoms with Crippen molar-refractivity contribution in [1.29, 1.82) is 0 Å². The highest BCUT2D eigenvalue weighted by atomic mass is 16.2. The van der Waals surface area contributed by atoms with Crippen LogP contribution in [-0.4, -0.2) is 116 Å². The van der Waals surface area contributed by atoms with E-state index in [2.05, 4.69) is 61.0 Å².